The minimum atomic E-state index is 1.32. The molecular weight excluding hydrogens is 482 g/mol. The lowest BCUT2D eigenvalue weighted by Gasteiger charge is -2.21. The van der Waals surface area contributed by atoms with Crippen LogP contribution in [-0.4, -0.2) is 24.5 Å². The molecule has 0 bridgehead atoms. The van der Waals surface area contributed by atoms with Crippen molar-refractivity contribution in [3.8, 4) is 0 Å². The van der Waals surface area contributed by atoms with E-state index in [-0.39, 0.29) is 0 Å². The smallest absolute Gasteiger partial charge is 0.00188 e. The Balaban J connectivity index is 0. The van der Waals surface area contributed by atoms with Crippen molar-refractivity contribution in [3.05, 3.63) is 0 Å². The molecule has 1 nitrogen and oxygen atoms in total. The summed E-state index contributed by atoms with van der Waals surface area (Å²) < 4.78 is 0. The number of unbranched alkanes of at least 4 members (excludes halogenated alkanes) is 27. The normalized spacial score (nSPS) is 11.2. The van der Waals surface area contributed by atoms with Gasteiger partial charge in [-0.15, -0.1) is 0 Å². The van der Waals surface area contributed by atoms with Gasteiger partial charge in [-0.25, -0.2) is 0 Å². The maximum Gasteiger partial charge on any atom is -0.00188 e. The van der Waals surface area contributed by atoms with Crippen LogP contribution in [0.25, 0.3) is 0 Å². The molecule has 0 radical (unpaired) electrons. The van der Waals surface area contributed by atoms with Gasteiger partial charge in [0.2, 0.25) is 0 Å². The molecule has 0 aliphatic heterocycles. The van der Waals surface area contributed by atoms with Gasteiger partial charge in [0, 0.05) is 0 Å². The first-order chi connectivity index (χ1) is 19.8. The zero-order chi connectivity index (χ0) is 29.6. The van der Waals surface area contributed by atoms with Crippen molar-refractivity contribution in [2.24, 2.45) is 0 Å². The van der Waals surface area contributed by atoms with Crippen LogP contribution in [0.5, 0.6) is 0 Å². The lowest BCUT2D eigenvalue weighted by molar-refractivity contribution is 0.261. The first-order valence-electron chi connectivity index (χ1n) is 19.5. The second-order valence-electron chi connectivity index (χ2n) is 13.0. The van der Waals surface area contributed by atoms with Crippen molar-refractivity contribution in [2.75, 3.05) is 19.6 Å². The molecule has 0 aromatic heterocycles. The second kappa shape index (κ2) is 41.1. The van der Waals surface area contributed by atoms with Crippen molar-refractivity contribution in [3.63, 3.8) is 0 Å². The summed E-state index contributed by atoms with van der Waals surface area (Å²) >= 11 is 0. The fraction of sp³-hybridized carbons (Fsp3) is 1.00. The topological polar surface area (TPSA) is 3.24 Å². The molecule has 0 N–H and O–H groups in total. The van der Waals surface area contributed by atoms with Gasteiger partial charge in [0.25, 0.3) is 0 Å². The molecule has 0 aromatic carbocycles. The lowest BCUT2D eigenvalue weighted by Crippen LogP contribution is -2.27. The summed E-state index contributed by atoms with van der Waals surface area (Å²) in [5, 5.41) is 0. The van der Waals surface area contributed by atoms with E-state index in [1.165, 1.54) is 219 Å². The van der Waals surface area contributed by atoms with E-state index >= 15 is 0 Å². The van der Waals surface area contributed by atoms with Crippen LogP contribution in [0, 0.1) is 0 Å². The first-order valence-corrected chi connectivity index (χ1v) is 19.5. The fourth-order valence-corrected chi connectivity index (χ4v) is 5.69. The highest BCUT2D eigenvalue weighted by Gasteiger charge is 2.02. The van der Waals surface area contributed by atoms with Crippen LogP contribution >= 0.6 is 0 Å². The van der Waals surface area contributed by atoms with Gasteiger partial charge in [-0.3, -0.25) is 0 Å². The Morgan fingerprint density at radius 1 is 0.200 bits per heavy atom. The van der Waals surface area contributed by atoms with Gasteiger partial charge in [-0.2, -0.15) is 0 Å². The molecule has 0 saturated carbocycles. The molecule has 0 amide bonds. The summed E-state index contributed by atoms with van der Waals surface area (Å²) in [6, 6.07) is 0. The summed E-state index contributed by atoms with van der Waals surface area (Å²) in [5.41, 5.74) is 0. The quantitative estimate of drug-likeness (QED) is 0.0715. The Morgan fingerprint density at radius 3 is 0.500 bits per heavy atom. The van der Waals surface area contributed by atoms with E-state index in [9.17, 15) is 0 Å². The van der Waals surface area contributed by atoms with E-state index in [4.69, 9.17) is 0 Å². The van der Waals surface area contributed by atoms with Crippen molar-refractivity contribution in [1.82, 2.24) is 4.90 Å². The molecule has 0 saturated heterocycles. The van der Waals surface area contributed by atoms with Gasteiger partial charge in [-0.05, 0) is 38.9 Å². The molecular formula is C39H83N. The molecule has 244 valence electrons. The van der Waals surface area contributed by atoms with Gasteiger partial charge in [0.15, 0.2) is 0 Å². The van der Waals surface area contributed by atoms with E-state index in [1.54, 1.807) is 0 Å². The lowest BCUT2D eigenvalue weighted by atomic mass is 10.0. The van der Waals surface area contributed by atoms with Crippen molar-refractivity contribution >= 4 is 0 Å². The summed E-state index contributed by atoms with van der Waals surface area (Å²) in [4.78, 5) is 2.64. The third-order valence-electron chi connectivity index (χ3n) is 8.69. The Kier molecular flexibility index (Phi) is 43.2. The van der Waals surface area contributed by atoms with Gasteiger partial charge in [0.05, 0.1) is 0 Å². The molecule has 0 aliphatic rings. The zero-order valence-electron chi connectivity index (χ0n) is 29.5. The molecule has 0 fully saturated rings. The molecule has 40 heavy (non-hydrogen) atoms. The van der Waals surface area contributed by atoms with Crippen molar-refractivity contribution in [1.29, 1.82) is 0 Å². The highest BCUT2D eigenvalue weighted by atomic mass is 15.1. The Labute approximate surface area is 257 Å². The van der Waals surface area contributed by atoms with E-state index in [2.05, 4.69) is 39.5 Å². The number of rotatable bonds is 33. The maximum atomic E-state index is 2.64. The SMILES string of the molecule is CCCCCCCCCCCCCCCCCCCCCCCCCCC.CCCCN(CCCC)CCCC. The number of hydrogen-bond donors (Lipinski definition) is 0. The molecule has 0 rings (SSSR count). The average molecular weight is 566 g/mol. The summed E-state index contributed by atoms with van der Waals surface area (Å²) in [6.45, 7) is 15.4. The molecule has 0 unspecified atom stereocenters. The Hall–Kier alpha value is -0.0400. The zero-order valence-corrected chi connectivity index (χ0v) is 29.5. The van der Waals surface area contributed by atoms with Crippen molar-refractivity contribution < 1.29 is 0 Å². The van der Waals surface area contributed by atoms with E-state index in [0.29, 0.717) is 0 Å². The summed E-state index contributed by atoms with van der Waals surface area (Å²) in [5.74, 6) is 0. The fourth-order valence-electron chi connectivity index (χ4n) is 5.69. The van der Waals surface area contributed by atoms with Crippen LogP contribution in [0.4, 0.5) is 0 Å². The van der Waals surface area contributed by atoms with Gasteiger partial charge < -0.3 is 4.90 Å². The molecule has 0 aromatic rings. The number of nitrogens with zero attached hydrogens (tertiary/aromatic N) is 1. The highest BCUT2D eigenvalue weighted by Crippen LogP contribution is 2.15. The summed E-state index contributed by atoms with van der Waals surface area (Å²) in [6.07, 6.45) is 45.0. The van der Waals surface area contributed by atoms with Crippen LogP contribution in [0.2, 0.25) is 0 Å². The van der Waals surface area contributed by atoms with Crippen LogP contribution in [0.3, 0.4) is 0 Å². The average Bonchev–Trinajstić information content (AvgIpc) is 2.97. The van der Waals surface area contributed by atoms with Crippen LogP contribution in [0.15, 0.2) is 0 Å². The predicted molar refractivity (Wildman–Crippen MR) is 188 cm³/mol. The molecule has 0 aliphatic carbocycles. The van der Waals surface area contributed by atoms with E-state index in [1.807, 2.05) is 0 Å². The molecule has 0 atom stereocenters. The molecule has 0 spiro atoms. The standard InChI is InChI=1S/C27H56.C12H27N/c1-3-5-7-9-11-13-15-17-19-21-23-25-27-26-24-22-20-18-16-14-12-10-8-6-4-2;1-4-7-10-13(11-8-5-2)12-9-6-3/h3-27H2,1-2H3;4-12H2,1-3H3. The van der Waals surface area contributed by atoms with Crippen LogP contribution in [-0.2, 0) is 0 Å². The molecule has 0 heterocycles. The van der Waals surface area contributed by atoms with Gasteiger partial charge >= 0.3 is 0 Å². The van der Waals surface area contributed by atoms with E-state index in [0.717, 1.165) is 0 Å². The third-order valence-corrected chi connectivity index (χ3v) is 8.69. The minimum absolute atomic E-state index is 1.32. The minimum Gasteiger partial charge on any atom is -0.303 e. The third kappa shape index (κ3) is 40.1. The second-order valence-corrected chi connectivity index (χ2v) is 13.0. The summed E-state index contributed by atoms with van der Waals surface area (Å²) in [7, 11) is 0. The van der Waals surface area contributed by atoms with Gasteiger partial charge in [0.1, 0.15) is 0 Å². The monoisotopic (exact) mass is 566 g/mol. The van der Waals surface area contributed by atoms with Crippen LogP contribution in [0.1, 0.15) is 234 Å². The van der Waals surface area contributed by atoms with E-state index < -0.39 is 0 Å². The van der Waals surface area contributed by atoms with Gasteiger partial charge in [-0.1, -0.05) is 214 Å². The van der Waals surface area contributed by atoms with Crippen LogP contribution < -0.4 is 0 Å². The first kappa shape index (κ1) is 42.1. The highest BCUT2D eigenvalue weighted by molar-refractivity contribution is 4.57. The number of hydrogen-bond acceptors (Lipinski definition) is 1. The largest absolute Gasteiger partial charge is 0.303 e. The Morgan fingerprint density at radius 2 is 0.350 bits per heavy atom. The Bertz CT molecular complexity index is 349. The predicted octanol–water partition coefficient (Wildman–Crippen LogP) is 14.5. The molecule has 1 heteroatoms. The maximum absolute atomic E-state index is 2.64. The van der Waals surface area contributed by atoms with Crippen molar-refractivity contribution in [2.45, 2.75) is 234 Å².